The van der Waals surface area contributed by atoms with Gasteiger partial charge in [0.25, 0.3) is 0 Å². The fourth-order valence-corrected chi connectivity index (χ4v) is 1.46. The van der Waals surface area contributed by atoms with Crippen molar-refractivity contribution in [2.24, 2.45) is 10.9 Å². The van der Waals surface area contributed by atoms with Crippen LogP contribution in [-0.2, 0) is 6.54 Å². The second kappa shape index (κ2) is 7.22. The minimum Gasteiger partial charge on any atom is -0.293 e. The summed E-state index contributed by atoms with van der Waals surface area (Å²) in [5.74, 6) is 0.813. The second-order valence-corrected chi connectivity index (χ2v) is 4.33. The number of nitrogens with zero attached hydrogens (tertiary/aromatic N) is 1. The molecular formula is C14H21N. The van der Waals surface area contributed by atoms with E-state index in [4.69, 9.17) is 0 Å². The Morgan fingerprint density at radius 3 is 2.60 bits per heavy atom. The molecule has 1 rings (SSSR count). The third kappa shape index (κ3) is 6.05. The lowest BCUT2D eigenvalue weighted by atomic mass is 10.1. The molecule has 0 radical (unpaired) electrons. The van der Waals surface area contributed by atoms with Gasteiger partial charge in [-0.1, -0.05) is 50.6 Å². The lowest BCUT2D eigenvalue weighted by Crippen LogP contribution is -1.87. The highest BCUT2D eigenvalue weighted by atomic mass is 14.7. The molecule has 0 aliphatic heterocycles. The zero-order valence-electron chi connectivity index (χ0n) is 9.82. The summed E-state index contributed by atoms with van der Waals surface area (Å²) in [6, 6.07) is 10.4. The average molecular weight is 203 g/mol. The molecule has 0 saturated carbocycles. The minimum atomic E-state index is 0.813. The van der Waals surface area contributed by atoms with Crippen molar-refractivity contribution in [3.63, 3.8) is 0 Å². The number of hydrogen-bond acceptors (Lipinski definition) is 1. The van der Waals surface area contributed by atoms with Crippen molar-refractivity contribution in [2.45, 2.75) is 39.7 Å². The van der Waals surface area contributed by atoms with Gasteiger partial charge in [0.15, 0.2) is 0 Å². The van der Waals surface area contributed by atoms with Crippen molar-refractivity contribution in [2.75, 3.05) is 0 Å². The maximum absolute atomic E-state index is 4.41. The van der Waals surface area contributed by atoms with Crippen LogP contribution in [0.15, 0.2) is 35.3 Å². The Labute approximate surface area is 93.2 Å². The van der Waals surface area contributed by atoms with Gasteiger partial charge in [0, 0.05) is 0 Å². The molecule has 1 heteroatoms. The molecule has 0 spiro atoms. The summed E-state index contributed by atoms with van der Waals surface area (Å²) >= 11 is 0. The third-order valence-corrected chi connectivity index (χ3v) is 2.36. The second-order valence-electron chi connectivity index (χ2n) is 4.33. The van der Waals surface area contributed by atoms with Crippen molar-refractivity contribution in [3.05, 3.63) is 35.9 Å². The molecule has 0 bridgehead atoms. The molecule has 0 unspecified atom stereocenters. The van der Waals surface area contributed by atoms with E-state index in [9.17, 15) is 0 Å². The third-order valence-electron chi connectivity index (χ3n) is 2.36. The van der Waals surface area contributed by atoms with Crippen molar-refractivity contribution < 1.29 is 0 Å². The monoisotopic (exact) mass is 203 g/mol. The van der Waals surface area contributed by atoms with E-state index in [1.165, 1.54) is 18.4 Å². The molecule has 0 heterocycles. The van der Waals surface area contributed by atoms with Gasteiger partial charge in [-0.2, -0.15) is 0 Å². The number of benzene rings is 1. The van der Waals surface area contributed by atoms with E-state index in [0.29, 0.717) is 0 Å². The normalized spacial score (nSPS) is 11.4. The van der Waals surface area contributed by atoms with Crippen LogP contribution in [0.1, 0.15) is 38.7 Å². The molecule has 1 aromatic carbocycles. The summed E-state index contributed by atoms with van der Waals surface area (Å²) in [6.45, 7) is 5.35. The van der Waals surface area contributed by atoms with Crippen LogP contribution in [0.25, 0.3) is 0 Å². The minimum absolute atomic E-state index is 0.813. The SMILES string of the molecule is CC(C)CCCC=NCc1ccccc1. The summed E-state index contributed by atoms with van der Waals surface area (Å²) < 4.78 is 0. The predicted molar refractivity (Wildman–Crippen MR) is 67.3 cm³/mol. The highest BCUT2D eigenvalue weighted by Gasteiger charge is 1.91. The maximum Gasteiger partial charge on any atom is 0.0635 e. The summed E-state index contributed by atoms with van der Waals surface area (Å²) in [5, 5.41) is 0. The van der Waals surface area contributed by atoms with Gasteiger partial charge in [-0.3, -0.25) is 4.99 Å². The highest BCUT2D eigenvalue weighted by molar-refractivity contribution is 5.57. The molecular weight excluding hydrogens is 182 g/mol. The Hall–Kier alpha value is -1.11. The Kier molecular flexibility index (Phi) is 5.76. The summed E-state index contributed by atoms with van der Waals surface area (Å²) in [5.41, 5.74) is 1.29. The number of hydrogen-bond donors (Lipinski definition) is 0. The molecule has 0 N–H and O–H groups in total. The van der Waals surface area contributed by atoms with Crippen LogP contribution in [0.5, 0.6) is 0 Å². The van der Waals surface area contributed by atoms with E-state index in [2.05, 4.69) is 49.3 Å². The Bertz CT molecular complexity index is 275. The zero-order chi connectivity index (χ0) is 10.9. The first-order chi connectivity index (χ1) is 7.29. The zero-order valence-corrected chi connectivity index (χ0v) is 9.82. The van der Waals surface area contributed by atoms with E-state index in [1.54, 1.807) is 0 Å². The topological polar surface area (TPSA) is 12.4 Å². The van der Waals surface area contributed by atoms with Gasteiger partial charge in [0.1, 0.15) is 0 Å². The fraction of sp³-hybridized carbons (Fsp3) is 0.500. The molecule has 0 atom stereocenters. The number of rotatable bonds is 6. The van der Waals surface area contributed by atoms with Crippen molar-refractivity contribution in [3.8, 4) is 0 Å². The Morgan fingerprint density at radius 2 is 1.93 bits per heavy atom. The first-order valence-electron chi connectivity index (χ1n) is 5.81. The van der Waals surface area contributed by atoms with Crippen molar-refractivity contribution in [1.82, 2.24) is 0 Å². The first kappa shape index (κ1) is 12.0. The van der Waals surface area contributed by atoms with Crippen LogP contribution in [0.4, 0.5) is 0 Å². The molecule has 0 fully saturated rings. The van der Waals surface area contributed by atoms with Crippen molar-refractivity contribution >= 4 is 6.21 Å². The van der Waals surface area contributed by atoms with E-state index in [1.807, 2.05) is 6.07 Å². The summed E-state index contributed by atoms with van der Waals surface area (Å²) in [7, 11) is 0. The smallest absolute Gasteiger partial charge is 0.0635 e. The molecule has 0 aromatic heterocycles. The van der Waals surface area contributed by atoms with Crippen LogP contribution in [0, 0.1) is 5.92 Å². The lowest BCUT2D eigenvalue weighted by molar-refractivity contribution is 0.566. The highest BCUT2D eigenvalue weighted by Crippen LogP contribution is 2.05. The van der Waals surface area contributed by atoms with Gasteiger partial charge >= 0.3 is 0 Å². The van der Waals surface area contributed by atoms with Gasteiger partial charge in [0.2, 0.25) is 0 Å². The van der Waals surface area contributed by atoms with E-state index in [0.717, 1.165) is 18.9 Å². The maximum atomic E-state index is 4.41. The predicted octanol–water partition coefficient (Wildman–Crippen LogP) is 4.08. The molecule has 1 nitrogen and oxygen atoms in total. The lowest BCUT2D eigenvalue weighted by Gasteiger charge is -2.00. The average Bonchev–Trinajstić information content (AvgIpc) is 2.24. The van der Waals surface area contributed by atoms with Crippen molar-refractivity contribution in [1.29, 1.82) is 0 Å². The van der Waals surface area contributed by atoms with Gasteiger partial charge in [-0.05, 0) is 30.5 Å². The van der Waals surface area contributed by atoms with Crippen LogP contribution >= 0.6 is 0 Å². The van der Waals surface area contributed by atoms with Crippen LogP contribution in [0.3, 0.4) is 0 Å². The van der Waals surface area contributed by atoms with Crippen LogP contribution in [0.2, 0.25) is 0 Å². The van der Waals surface area contributed by atoms with E-state index < -0.39 is 0 Å². The van der Waals surface area contributed by atoms with Gasteiger partial charge in [0.05, 0.1) is 6.54 Å². The summed E-state index contributed by atoms with van der Waals surface area (Å²) in [6.07, 6.45) is 5.74. The standard InChI is InChI=1S/C14H21N/c1-13(2)8-6-7-11-15-12-14-9-4-3-5-10-14/h3-5,9-11,13H,6-8,12H2,1-2H3. The largest absolute Gasteiger partial charge is 0.293 e. The molecule has 0 aliphatic carbocycles. The quantitative estimate of drug-likeness (QED) is 0.488. The molecule has 0 aliphatic rings. The van der Waals surface area contributed by atoms with Gasteiger partial charge in [-0.25, -0.2) is 0 Å². The van der Waals surface area contributed by atoms with Crippen LogP contribution < -0.4 is 0 Å². The van der Waals surface area contributed by atoms with E-state index >= 15 is 0 Å². The molecule has 0 amide bonds. The van der Waals surface area contributed by atoms with Gasteiger partial charge in [-0.15, -0.1) is 0 Å². The molecule has 15 heavy (non-hydrogen) atoms. The molecule has 82 valence electrons. The number of aliphatic imine (C=N–C) groups is 1. The Morgan fingerprint density at radius 1 is 1.20 bits per heavy atom. The number of unbranched alkanes of at least 4 members (excludes halogenated alkanes) is 1. The van der Waals surface area contributed by atoms with Crippen LogP contribution in [-0.4, -0.2) is 6.21 Å². The first-order valence-corrected chi connectivity index (χ1v) is 5.81. The fourth-order valence-electron chi connectivity index (χ4n) is 1.46. The Balaban J connectivity index is 2.12. The van der Waals surface area contributed by atoms with E-state index in [-0.39, 0.29) is 0 Å². The summed E-state index contributed by atoms with van der Waals surface area (Å²) in [4.78, 5) is 4.41. The molecule has 1 aromatic rings. The molecule has 0 saturated heterocycles. The van der Waals surface area contributed by atoms with Gasteiger partial charge < -0.3 is 0 Å².